The van der Waals surface area contributed by atoms with Gasteiger partial charge in [0.25, 0.3) is 5.56 Å². The molecule has 5 nitrogen and oxygen atoms in total. The number of ether oxygens (including phenoxy) is 2. The van der Waals surface area contributed by atoms with Crippen LogP contribution in [-0.4, -0.2) is 29.0 Å². The van der Waals surface area contributed by atoms with Gasteiger partial charge >= 0.3 is 0 Å². The Labute approximate surface area is 239 Å². The van der Waals surface area contributed by atoms with Gasteiger partial charge in [-0.1, -0.05) is 50.7 Å². The molecule has 39 heavy (non-hydrogen) atoms. The van der Waals surface area contributed by atoms with Gasteiger partial charge in [0, 0.05) is 16.7 Å². The lowest BCUT2D eigenvalue weighted by Crippen LogP contribution is -2.27. The van der Waals surface area contributed by atoms with Crippen molar-refractivity contribution >= 4 is 33.3 Å². The van der Waals surface area contributed by atoms with E-state index in [0.29, 0.717) is 23.4 Å². The molecule has 5 rings (SSSR count). The van der Waals surface area contributed by atoms with Gasteiger partial charge in [0.05, 0.1) is 24.8 Å². The normalized spacial score (nSPS) is 15.4. The average molecular weight is 563 g/mol. The predicted molar refractivity (Wildman–Crippen MR) is 164 cm³/mol. The van der Waals surface area contributed by atoms with E-state index in [2.05, 4.69) is 52.8 Å². The molecule has 0 fully saturated rings. The second kappa shape index (κ2) is 11.0. The molecule has 0 N–H and O–H groups in total. The van der Waals surface area contributed by atoms with Crippen LogP contribution in [0.25, 0.3) is 15.9 Å². The minimum absolute atomic E-state index is 0.0148. The predicted octanol–water partition coefficient (Wildman–Crippen LogP) is 7.70. The highest BCUT2D eigenvalue weighted by Gasteiger charge is 2.32. The molecule has 206 valence electrons. The van der Waals surface area contributed by atoms with Crippen LogP contribution >= 0.6 is 23.1 Å². The van der Waals surface area contributed by atoms with E-state index in [4.69, 9.17) is 14.5 Å². The number of thiophene rings is 1. The van der Waals surface area contributed by atoms with Crippen molar-refractivity contribution in [3.63, 3.8) is 0 Å². The second-order valence-electron chi connectivity index (χ2n) is 11.6. The molecule has 7 heteroatoms. The SMILES string of the molecule is COc1ccc(C)c(-n2c(SCCOc3cc(C)ccc3C)nc3sc4c(c3c2=O)CC[C@H](C(C)(C)C)C4)c1. The van der Waals surface area contributed by atoms with Crippen molar-refractivity contribution in [1.82, 2.24) is 9.55 Å². The van der Waals surface area contributed by atoms with E-state index in [1.165, 1.54) is 16.0 Å². The quantitative estimate of drug-likeness (QED) is 0.131. The number of hydrogen-bond donors (Lipinski definition) is 0. The molecule has 0 unspecified atom stereocenters. The number of rotatable bonds is 7. The number of aromatic nitrogens is 2. The van der Waals surface area contributed by atoms with Crippen LogP contribution in [0.3, 0.4) is 0 Å². The summed E-state index contributed by atoms with van der Waals surface area (Å²) in [5, 5.41) is 1.49. The highest BCUT2D eigenvalue weighted by Crippen LogP contribution is 2.42. The van der Waals surface area contributed by atoms with Gasteiger partial charge in [-0.05, 0) is 85.8 Å². The molecule has 2 heterocycles. The zero-order chi connectivity index (χ0) is 27.9. The third kappa shape index (κ3) is 5.62. The van der Waals surface area contributed by atoms with Gasteiger partial charge in [0.1, 0.15) is 16.3 Å². The Bertz CT molecular complexity index is 1580. The Balaban J connectivity index is 1.54. The highest BCUT2D eigenvalue weighted by atomic mass is 32.2. The number of fused-ring (bicyclic) bond motifs is 3. The molecule has 0 spiro atoms. The summed E-state index contributed by atoms with van der Waals surface area (Å²) >= 11 is 3.28. The van der Waals surface area contributed by atoms with Gasteiger partial charge in [0.2, 0.25) is 0 Å². The van der Waals surface area contributed by atoms with Crippen LogP contribution in [0.1, 0.15) is 54.3 Å². The first-order valence-corrected chi connectivity index (χ1v) is 15.4. The first-order chi connectivity index (χ1) is 18.6. The Morgan fingerprint density at radius 1 is 1.10 bits per heavy atom. The van der Waals surface area contributed by atoms with Crippen molar-refractivity contribution in [2.75, 3.05) is 19.5 Å². The molecule has 0 bridgehead atoms. The molecular weight excluding hydrogens is 524 g/mol. The third-order valence-electron chi connectivity index (χ3n) is 7.85. The smallest absolute Gasteiger partial charge is 0.267 e. The summed E-state index contributed by atoms with van der Waals surface area (Å²) in [6.45, 7) is 13.6. The minimum atomic E-state index is 0.0148. The fraction of sp³-hybridized carbons (Fsp3) is 0.438. The average Bonchev–Trinajstić information content (AvgIpc) is 3.26. The van der Waals surface area contributed by atoms with E-state index >= 15 is 0 Å². The number of nitrogens with zero attached hydrogens (tertiary/aromatic N) is 2. The van der Waals surface area contributed by atoms with E-state index in [1.54, 1.807) is 34.8 Å². The van der Waals surface area contributed by atoms with Crippen molar-refractivity contribution in [1.29, 1.82) is 0 Å². The molecule has 1 aliphatic rings. The van der Waals surface area contributed by atoms with Crippen molar-refractivity contribution in [3.05, 3.63) is 73.9 Å². The molecule has 2 aromatic carbocycles. The van der Waals surface area contributed by atoms with Crippen LogP contribution < -0.4 is 15.0 Å². The van der Waals surface area contributed by atoms with Gasteiger partial charge in [-0.25, -0.2) is 4.98 Å². The summed E-state index contributed by atoms with van der Waals surface area (Å²) in [6, 6.07) is 12.1. The molecule has 1 aliphatic carbocycles. The van der Waals surface area contributed by atoms with Crippen LogP contribution in [0.4, 0.5) is 0 Å². The molecule has 0 saturated carbocycles. The van der Waals surface area contributed by atoms with Crippen molar-refractivity contribution in [2.24, 2.45) is 11.3 Å². The molecule has 0 aliphatic heterocycles. The Kier molecular flexibility index (Phi) is 7.84. The number of hydrogen-bond acceptors (Lipinski definition) is 6. The van der Waals surface area contributed by atoms with E-state index < -0.39 is 0 Å². The Morgan fingerprint density at radius 3 is 2.62 bits per heavy atom. The molecule has 4 aromatic rings. The summed E-state index contributed by atoms with van der Waals surface area (Å²) in [6.07, 6.45) is 3.05. The van der Waals surface area contributed by atoms with E-state index in [0.717, 1.165) is 57.8 Å². The largest absolute Gasteiger partial charge is 0.497 e. The number of thioether (sulfide) groups is 1. The van der Waals surface area contributed by atoms with Crippen LogP contribution in [0.2, 0.25) is 0 Å². The van der Waals surface area contributed by atoms with Gasteiger partial charge in [0.15, 0.2) is 5.16 Å². The monoisotopic (exact) mass is 562 g/mol. The van der Waals surface area contributed by atoms with E-state index in [-0.39, 0.29) is 11.0 Å². The maximum Gasteiger partial charge on any atom is 0.267 e. The zero-order valence-corrected chi connectivity index (χ0v) is 25.6. The van der Waals surface area contributed by atoms with Crippen LogP contribution in [0.5, 0.6) is 11.5 Å². The Morgan fingerprint density at radius 2 is 1.87 bits per heavy atom. The van der Waals surface area contributed by atoms with Crippen molar-refractivity contribution in [3.8, 4) is 17.2 Å². The first-order valence-electron chi connectivity index (χ1n) is 13.6. The fourth-order valence-electron chi connectivity index (χ4n) is 5.36. The van der Waals surface area contributed by atoms with Gasteiger partial charge < -0.3 is 9.47 Å². The lowest BCUT2D eigenvalue weighted by molar-refractivity contribution is 0.218. The highest BCUT2D eigenvalue weighted by molar-refractivity contribution is 7.99. The van der Waals surface area contributed by atoms with Gasteiger partial charge in [-0.3, -0.25) is 9.36 Å². The number of methoxy groups -OCH3 is 1. The molecule has 0 radical (unpaired) electrons. The molecule has 1 atom stereocenters. The van der Waals surface area contributed by atoms with E-state index in [9.17, 15) is 4.79 Å². The Hall–Kier alpha value is -2.77. The summed E-state index contributed by atoms with van der Waals surface area (Å²) in [5.74, 6) is 2.90. The maximum absolute atomic E-state index is 14.3. The van der Waals surface area contributed by atoms with Crippen molar-refractivity contribution < 1.29 is 9.47 Å². The van der Waals surface area contributed by atoms with E-state index in [1.807, 2.05) is 25.1 Å². The van der Waals surface area contributed by atoms with Crippen molar-refractivity contribution in [2.45, 2.75) is 66.0 Å². The molecule has 2 aromatic heterocycles. The van der Waals surface area contributed by atoms with Crippen LogP contribution in [-0.2, 0) is 12.8 Å². The lowest BCUT2D eigenvalue weighted by atomic mass is 9.72. The molecule has 0 saturated heterocycles. The van der Waals surface area contributed by atoms with Crippen LogP contribution in [0.15, 0.2) is 46.3 Å². The second-order valence-corrected chi connectivity index (χ2v) is 13.8. The zero-order valence-electron chi connectivity index (χ0n) is 24.0. The van der Waals surface area contributed by atoms with Crippen LogP contribution in [0, 0.1) is 32.1 Å². The summed E-state index contributed by atoms with van der Waals surface area (Å²) in [5.41, 5.74) is 5.58. The number of benzene rings is 2. The minimum Gasteiger partial charge on any atom is -0.497 e. The third-order valence-corrected chi connectivity index (χ3v) is 9.90. The summed E-state index contributed by atoms with van der Waals surface area (Å²) < 4.78 is 13.4. The maximum atomic E-state index is 14.3. The van der Waals surface area contributed by atoms with Gasteiger partial charge in [-0.15, -0.1) is 11.3 Å². The summed E-state index contributed by atoms with van der Waals surface area (Å²) in [4.78, 5) is 21.6. The molecular formula is C32H38N2O3S2. The summed E-state index contributed by atoms with van der Waals surface area (Å²) in [7, 11) is 1.65. The van der Waals surface area contributed by atoms with Gasteiger partial charge in [-0.2, -0.15) is 0 Å². The lowest BCUT2D eigenvalue weighted by Gasteiger charge is -2.33. The molecule has 0 amide bonds. The first kappa shape index (κ1) is 27.8. The fourth-order valence-corrected chi connectivity index (χ4v) is 7.52. The standard InChI is InChI=1S/C32H38N2O3S2/c1-19-8-9-21(3)26(16-19)37-14-15-38-31-33-29-28(24-13-11-22(32(4,5)6)17-27(24)39-29)30(35)34(31)25-18-23(36-7)12-10-20(25)2/h8-10,12,16,18,22H,11,13-15,17H2,1-7H3/t22-/m0/s1. The topological polar surface area (TPSA) is 53.4 Å². The number of aryl methyl sites for hydroxylation is 4.